The maximum Gasteiger partial charge on any atom is 0.257 e. The monoisotopic (exact) mass is 346 g/mol. The number of halogens is 1. The smallest absolute Gasteiger partial charge is 0.257 e. The van der Waals surface area contributed by atoms with Crippen molar-refractivity contribution in [3.05, 3.63) is 58.3 Å². The maximum absolute atomic E-state index is 12.1. The van der Waals surface area contributed by atoms with Crippen molar-refractivity contribution in [2.24, 2.45) is 0 Å². The summed E-state index contributed by atoms with van der Waals surface area (Å²) in [6.45, 7) is 2.20. The zero-order valence-electron chi connectivity index (χ0n) is 12.1. The van der Waals surface area contributed by atoms with Gasteiger partial charge in [0.15, 0.2) is 0 Å². The second-order valence-electron chi connectivity index (χ2n) is 4.98. The van der Waals surface area contributed by atoms with Crippen LogP contribution in [0, 0.1) is 0 Å². The Morgan fingerprint density at radius 3 is 2.52 bits per heavy atom. The molecule has 0 spiro atoms. The highest BCUT2D eigenvalue weighted by Crippen LogP contribution is 2.14. The molecular formula is C17H19BrN2O. The first kappa shape index (κ1) is 15.7. The lowest BCUT2D eigenvalue weighted by Crippen LogP contribution is -2.12. The largest absolute Gasteiger partial charge is 0.322 e. The summed E-state index contributed by atoms with van der Waals surface area (Å²) < 4.78 is 0.718. The van der Waals surface area contributed by atoms with Gasteiger partial charge >= 0.3 is 0 Å². The first-order valence-electron chi connectivity index (χ1n) is 7.21. The molecule has 1 N–H and O–H groups in total. The van der Waals surface area contributed by atoms with Crippen molar-refractivity contribution >= 4 is 27.5 Å². The van der Waals surface area contributed by atoms with Crippen LogP contribution >= 0.6 is 15.9 Å². The molecule has 1 amide bonds. The number of unbranched alkanes of at least 4 members (excludes halogenated alkanes) is 2. The number of nitrogens with one attached hydrogen (secondary N) is 1. The molecule has 0 bridgehead atoms. The first-order chi connectivity index (χ1) is 10.2. The molecule has 1 aromatic heterocycles. The number of aryl methyl sites for hydroxylation is 1. The highest BCUT2D eigenvalue weighted by molar-refractivity contribution is 9.10. The van der Waals surface area contributed by atoms with E-state index in [1.165, 1.54) is 24.8 Å². The predicted molar refractivity (Wildman–Crippen MR) is 89.6 cm³/mol. The summed E-state index contributed by atoms with van der Waals surface area (Å²) >= 11 is 3.25. The number of benzene rings is 1. The van der Waals surface area contributed by atoms with Gasteiger partial charge in [0.1, 0.15) is 4.60 Å². The van der Waals surface area contributed by atoms with E-state index in [1.807, 2.05) is 12.1 Å². The van der Waals surface area contributed by atoms with Crippen LogP contribution in [0.25, 0.3) is 0 Å². The fourth-order valence-electron chi connectivity index (χ4n) is 2.05. The molecule has 0 aliphatic heterocycles. The highest BCUT2D eigenvalue weighted by Gasteiger charge is 2.06. The van der Waals surface area contributed by atoms with Crippen LogP contribution in [0.15, 0.2) is 47.2 Å². The van der Waals surface area contributed by atoms with Crippen molar-refractivity contribution in [2.45, 2.75) is 32.6 Å². The van der Waals surface area contributed by atoms with Gasteiger partial charge in [0, 0.05) is 11.9 Å². The molecule has 3 nitrogen and oxygen atoms in total. The van der Waals surface area contributed by atoms with Crippen LogP contribution in [0.4, 0.5) is 5.69 Å². The van der Waals surface area contributed by atoms with Crippen LogP contribution < -0.4 is 5.32 Å². The summed E-state index contributed by atoms with van der Waals surface area (Å²) in [5, 5.41) is 2.88. The molecule has 0 aliphatic carbocycles. The summed E-state index contributed by atoms with van der Waals surface area (Å²) in [7, 11) is 0. The average molecular weight is 347 g/mol. The lowest BCUT2D eigenvalue weighted by Gasteiger charge is -2.06. The fraction of sp³-hybridized carbons (Fsp3) is 0.294. The van der Waals surface area contributed by atoms with Crippen LogP contribution in [-0.2, 0) is 6.42 Å². The van der Waals surface area contributed by atoms with Crippen LogP contribution in [0.3, 0.4) is 0 Å². The summed E-state index contributed by atoms with van der Waals surface area (Å²) in [6, 6.07) is 11.5. The molecule has 0 radical (unpaired) electrons. The van der Waals surface area contributed by atoms with E-state index in [4.69, 9.17) is 0 Å². The number of carbonyl (C=O) groups is 1. The van der Waals surface area contributed by atoms with Crippen molar-refractivity contribution < 1.29 is 4.79 Å². The molecule has 4 heteroatoms. The maximum atomic E-state index is 12.1. The third-order valence-electron chi connectivity index (χ3n) is 3.27. The van der Waals surface area contributed by atoms with Crippen molar-refractivity contribution in [3.8, 4) is 0 Å². The van der Waals surface area contributed by atoms with E-state index >= 15 is 0 Å². The van der Waals surface area contributed by atoms with Gasteiger partial charge in [-0.3, -0.25) is 4.79 Å². The van der Waals surface area contributed by atoms with E-state index in [1.54, 1.807) is 18.3 Å². The molecule has 0 aliphatic rings. The quantitative estimate of drug-likeness (QED) is 0.601. The molecule has 0 atom stereocenters. The van der Waals surface area contributed by atoms with Crippen LogP contribution in [-0.4, -0.2) is 10.9 Å². The molecule has 0 fully saturated rings. The number of pyridine rings is 1. The number of rotatable bonds is 6. The van der Waals surface area contributed by atoms with Gasteiger partial charge in [0.2, 0.25) is 0 Å². The Hall–Kier alpha value is -1.68. The fourth-order valence-corrected chi connectivity index (χ4v) is 2.28. The van der Waals surface area contributed by atoms with E-state index in [-0.39, 0.29) is 5.91 Å². The van der Waals surface area contributed by atoms with E-state index in [2.05, 4.69) is 45.3 Å². The third-order valence-corrected chi connectivity index (χ3v) is 3.74. The average Bonchev–Trinajstić information content (AvgIpc) is 2.50. The number of carbonyl (C=O) groups excluding carboxylic acids is 1. The number of aromatic nitrogens is 1. The molecule has 1 heterocycles. The molecule has 21 heavy (non-hydrogen) atoms. The SMILES string of the molecule is CCCCCc1ccc(NC(=O)c2ccc(Br)nc2)cc1. The topological polar surface area (TPSA) is 42.0 Å². The van der Waals surface area contributed by atoms with Gasteiger partial charge in [-0.25, -0.2) is 4.98 Å². The van der Waals surface area contributed by atoms with Gasteiger partial charge in [-0.1, -0.05) is 31.9 Å². The molecule has 2 rings (SSSR count). The molecule has 0 unspecified atom stereocenters. The van der Waals surface area contributed by atoms with Crippen molar-refractivity contribution in [1.82, 2.24) is 4.98 Å². The van der Waals surface area contributed by atoms with Gasteiger partial charge in [0.05, 0.1) is 5.56 Å². The Balaban J connectivity index is 1.93. The van der Waals surface area contributed by atoms with Crippen LogP contribution in [0.2, 0.25) is 0 Å². The highest BCUT2D eigenvalue weighted by atomic mass is 79.9. The minimum absolute atomic E-state index is 0.145. The standard InChI is InChI=1S/C17H19BrN2O/c1-2-3-4-5-13-6-9-15(10-7-13)20-17(21)14-8-11-16(18)19-12-14/h6-12H,2-5H2,1H3,(H,20,21). The van der Waals surface area contributed by atoms with Crippen molar-refractivity contribution in [2.75, 3.05) is 5.32 Å². The van der Waals surface area contributed by atoms with Crippen LogP contribution in [0.5, 0.6) is 0 Å². The number of anilines is 1. The van der Waals surface area contributed by atoms with Crippen LogP contribution in [0.1, 0.15) is 42.1 Å². The summed E-state index contributed by atoms with van der Waals surface area (Å²) in [4.78, 5) is 16.1. The predicted octanol–water partition coefficient (Wildman–Crippen LogP) is 4.83. The van der Waals surface area contributed by atoms with E-state index < -0.39 is 0 Å². The Morgan fingerprint density at radius 1 is 1.14 bits per heavy atom. The number of hydrogen-bond acceptors (Lipinski definition) is 2. The van der Waals surface area contributed by atoms with Crippen molar-refractivity contribution in [1.29, 1.82) is 0 Å². The van der Waals surface area contributed by atoms with Gasteiger partial charge in [-0.05, 0) is 58.6 Å². The second kappa shape index (κ2) is 7.93. The molecule has 110 valence electrons. The Kier molecular flexibility index (Phi) is 5.93. The van der Waals surface area contributed by atoms with E-state index in [0.717, 1.165) is 16.7 Å². The van der Waals surface area contributed by atoms with Gasteiger partial charge in [0.25, 0.3) is 5.91 Å². The number of amides is 1. The second-order valence-corrected chi connectivity index (χ2v) is 5.79. The normalized spacial score (nSPS) is 10.4. The molecular weight excluding hydrogens is 328 g/mol. The first-order valence-corrected chi connectivity index (χ1v) is 8.00. The molecule has 1 aromatic carbocycles. The van der Waals surface area contributed by atoms with Gasteiger partial charge < -0.3 is 5.32 Å². The van der Waals surface area contributed by atoms with Gasteiger partial charge in [-0.2, -0.15) is 0 Å². The lowest BCUT2D eigenvalue weighted by atomic mass is 10.1. The summed E-state index contributed by atoms with van der Waals surface area (Å²) in [6.07, 6.45) is 6.36. The minimum Gasteiger partial charge on any atom is -0.322 e. The number of nitrogens with zero attached hydrogens (tertiary/aromatic N) is 1. The molecule has 0 saturated carbocycles. The van der Waals surface area contributed by atoms with Gasteiger partial charge in [-0.15, -0.1) is 0 Å². The Labute approximate surface area is 133 Å². The molecule has 0 saturated heterocycles. The Morgan fingerprint density at radius 2 is 1.90 bits per heavy atom. The lowest BCUT2D eigenvalue weighted by molar-refractivity contribution is 0.102. The minimum atomic E-state index is -0.145. The molecule has 2 aromatic rings. The zero-order chi connectivity index (χ0) is 15.1. The van der Waals surface area contributed by atoms with E-state index in [0.29, 0.717) is 5.56 Å². The van der Waals surface area contributed by atoms with Crippen molar-refractivity contribution in [3.63, 3.8) is 0 Å². The third kappa shape index (κ3) is 4.97. The summed E-state index contributed by atoms with van der Waals surface area (Å²) in [5.74, 6) is -0.145. The number of hydrogen-bond donors (Lipinski definition) is 1. The van der Waals surface area contributed by atoms with E-state index in [9.17, 15) is 4.79 Å². The zero-order valence-corrected chi connectivity index (χ0v) is 13.7. The summed E-state index contributed by atoms with van der Waals surface area (Å²) in [5.41, 5.74) is 2.67. The Bertz CT molecular complexity index is 579.